The fourth-order valence-corrected chi connectivity index (χ4v) is 2.58. The van der Waals surface area contributed by atoms with Crippen molar-refractivity contribution in [1.29, 1.82) is 0 Å². The second kappa shape index (κ2) is 3.60. The average Bonchev–Trinajstić information content (AvgIpc) is 2.74. The first-order valence-corrected chi connectivity index (χ1v) is 5.25. The van der Waals surface area contributed by atoms with Gasteiger partial charge in [-0.3, -0.25) is 0 Å². The van der Waals surface area contributed by atoms with Crippen LogP contribution in [0, 0.1) is 17.8 Å². The molecule has 14 heavy (non-hydrogen) atoms. The Labute approximate surface area is 84.3 Å². The SMILES string of the molecule is CC(=CCC1CC2C=CC1C2)C(=O)O. The van der Waals surface area contributed by atoms with Crippen LogP contribution in [0.15, 0.2) is 23.8 Å². The van der Waals surface area contributed by atoms with Gasteiger partial charge in [0.2, 0.25) is 0 Å². The summed E-state index contributed by atoms with van der Waals surface area (Å²) in [6.45, 7) is 1.67. The molecule has 2 aliphatic carbocycles. The lowest BCUT2D eigenvalue weighted by atomic mass is 9.90. The lowest BCUT2D eigenvalue weighted by Gasteiger charge is -2.15. The van der Waals surface area contributed by atoms with E-state index in [2.05, 4.69) is 12.2 Å². The Morgan fingerprint density at radius 3 is 2.79 bits per heavy atom. The smallest absolute Gasteiger partial charge is 0.330 e. The third-order valence-electron chi connectivity index (χ3n) is 3.48. The van der Waals surface area contributed by atoms with Crippen LogP contribution >= 0.6 is 0 Å². The molecule has 2 bridgehead atoms. The Bertz CT molecular complexity index is 301. The molecule has 0 saturated heterocycles. The van der Waals surface area contributed by atoms with Gasteiger partial charge < -0.3 is 5.11 Å². The summed E-state index contributed by atoms with van der Waals surface area (Å²) < 4.78 is 0. The molecule has 1 fully saturated rings. The van der Waals surface area contributed by atoms with Crippen LogP contribution in [0.3, 0.4) is 0 Å². The second-order valence-electron chi connectivity index (χ2n) is 4.47. The molecular weight excluding hydrogens is 176 g/mol. The summed E-state index contributed by atoms with van der Waals surface area (Å²) in [5.74, 6) is 1.41. The Balaban J connectivity index is 1.91. The molecule has 1 N–H and O–H groups in total. The summed E-state index contributed by atoms with van der Waals surface area (Å²) in [5.41, 5.74) is 0.483. The van der Waals surface area contributed by atoms with Crippen LogP contribution in [0.25, 0.3) is 0 Å². The highest BCUT2D eigenvalue weighted by Crippen LogP contribution is 2.45. The topological polar surface area (TPSA) is 37.3 Å². The van der Waals surface area contributed by atoms with Gasteiger partial charge in [-0.1, -0.05) is 18.2 Å². The van der Waals surface area contributed by atoms with E-state index >= 15 is 0 Å². The minimum absolute atomic E-state index is 0.483. The van der Waals surface area contributed by atoms with Crippen molar-refractivity contribution in [3.63, 3.8) is 0 Å². The van der Waals surface area contributed by atoms with Gasteiger partial charge in [0.1, 0.15) is 0 Å². The molecule has 0 aromatic rings. The van der Waals surface area contributed by atoms with E-state index in [1.54, 1.807) is 6.92 Å². The fraction of sp³-hybridized carbons (Fsp3) is 0.583. The predicted molar refractivity (Wildman–Crippen MR) is 54.9 cm³/mol. The van der Waals surface area contributed by atoms with E-state index in [1.807, 2.05) is 6.08 Å². The highest BCUT2D eigenvalue weighted by Gasteiger charge is 2.34. The zero-order valence-corrected chi connectivity index (χ0v) is 8.44. The summed E-state index contributed by atoms with van der Waals surface area (Å²) >= 11 is 0. The summed E-state index contributed by atoms with van der Waals surface area (Å²) in [4.78, 5) is 10.6. The Morgan fingerprint density at radius 2 is 2.29 bits per heavy atom. The van der Waals surface area contributed by atoms with Gasteiger partial charge in [-0.2, -0.15) is 0 Å². The number of aliphatic carboxylic acids is 1. The van der Waals surface area contributed by atoms with Gasteiger partial charge in [0.15, 0.2) is 0 Å². The highest BCUT2D eigenvalue weighted by molar-refractivity contribution is 5.85. The Morgan fingerprint density at radius 1 is 1.50 bits per heavy atom. The molecule has 76 valence electrons. The van der Waals surface area contributed by atoms with Gasteiger partial charge in [0.05, 0.1) is 0 Å². The van der Waals surface area contributed by atoms with Crippen LogP contribution < -0.4 is 0 Å². The van der Waals surface area contributed by atoms with Crippen molar-refractivity contribution in [1.82, 2.24) is 0 Å². The van der Waals surface area contributed by atoms with Crippen molar-refractivity contribution in [3.05, 3.63) is 23.8 Å². The standard InChI is InChI=1S/C12H16O2/c1-8(12(13)14)2-4-10-6-9-3-5-11(10)7-9/h2-3,5,9-11H,4,6-7H2,1H3,(H,13,14). The number of carbonyl (C=O) groups is 1. The molecule has 2 rings (SSSR count). The van der Waals surface area contributed by atoms with Crippen molar-refractivity contribution in [3.8, 4) is 0 Å². The van der Waals surface area contributed by atoms with Crippen molar-refractivity contribution in [2.45, 2.75) is 26.2 Å². The maximum atomic E-state index is 10.6. The third kappa shape index (κ3) is 1.74. The Hall–Kier alpha value is -1.05. The van der Waals surface area contributed by atoms with E-state index in [-0.39, 0.29) is 0 Å². The van der Waals surface area contributed by atoms with Gasteiger partial charge in [-0.15, -0.1) is 0 Å². The number of hydrogen-bond acceptors (Lipinski definition) is 1. The molecule has 2 nitrogen and oxygen atoms in total. The lowest BCUT2D eigenvalue weighted by molar-refractivity contribution is -0.132. The minimum atomic E-state index is -0.788. The molecular formula is C12H16O2. The second-order valence-corrected chi connectivity index (χ2v) is 4.47. The molecule has 2 heteroatoms. The summed E-state index contributed by atoms with van der Waals surface area (Å²) in [7, 11) is 0. The molecule has 0 radical (unpaired) electrons. The molecule has 0 aromatic carbocycles. The zero-order chi connectivity index (χ0) is 10.1. The van der Waals surface area contributed by atoms with Crippen LogP contribution in [0.5, 0.6) is 0 Å². The summed E-state index contributed by atoms with van der Waals surface area (Å²) in [6, 6.07) is 0. The van der Waals surface area contributed by atoms with E-state index in [9.17, 15) is 4.79 Å². The van der Waals surface area contributed by atoms with E-state index in [0.717, 1.165) is 18.3 Å². The van der Waals surface area contributed by atoms with Gasteiger partial charge >= 0.3 is 5.97 Å². The van der Waals surface area contributed by atoms with Gasteiger partial charge in [-0.05, 0) is 43.9 Å². The van der Waals surface area contributed by atoms with Crippen LogP contribution in [0.1, 0.15) is 26.2 Å². The first-order valence-electron chi connectivity index (χ1n) is 5.25. The van der Waals surface area contributed by atoms with Crippen molar-refractivity contribution in [2.24, 2.45) is 17.8 Å². The van der Waals surface area contributed by atoms with Crippen LogP contribution in [0.2, 0.25) is 0 Å². The van der Waals surface area contributed by atoms with E-state index in [4.69, 9.17) is 5.11 Å². The fourth-order valence-electron chi connectivity index (χ4n) is 2.58. The summed E-state index contributed by atoms with van der Waals surface area (Å²) in [6.07, 6.45) is 9.98. The molecule has 0 heterocycles. The average molecular weight is 192 g/mol. The van der Waals surface area contributed by atoms with Crippen molar-refractivity contribution < 1.29 is 9.90 Å². The first kappa shape index (κ1) is 9.50. The number of rotatable bonds is 3. The quantitative estimate of drug-likeness (QED) is 0.551. The number of carboxylic acids is 1. The molecule has 3 unspecified atom stereocenters. The number of fused-ring (bicyclic) bond motifs is 2. The molecule has 0 amide bonds. The van der Waals surface area contributed by atoms with E-state index < -0.39 is 5.97 Å². The summed E-state index contributed by atoms with van der Waals surface area (Å²) in [5, 5.41) is 8.71. The van der Waals surface area contributed by atoms with E-state index in [1.165, 1.54) is 12.8 Å². The van der Waals surface area contributed by atoms with Gasteiger partial charge in [-0.25, -0.2) is 4.79 Å². The monoisotopic (exact) mass is 192 g/mol. The van der Waals surface area contributed by atoms with Crippen LogP contribution in [-0.4, -0.2) is 11.1 Å². The molecule has 0 aliphatic heterocycles. The van der Waals surface area contributed by atoms with Crippen LogP contribution in [0.4, 0.5) is 0 Å². The normalized spacial score (nSPS) is 35.2. The molecule has 1 saturated carbocycles. The molecule has 3 atom stereocenters. The van der Waals surface area contributed by atoms with Crippen molar-refractivity contribution in [2.75, 3.05) is 0 Å². The molecule has 0 spiro atoms. The lowest BCUT2D eigenvalue weighted by Crippen LogP contribution is -2.06. The number of carboxylic acid groups (broad SMARTS) is 1. The van der Waals surface area contributed by atoms with Gasteiger partial charge in [0.25, 0.3) is 0 Å². The maximum Gasteiger partial charge on any atom is 0.330 e. The highest BCUT2D eigenvalue weighted by atomic mass is 16.4. The zero-order valence-electron chi connectivity index (χ0n) is 8.44. The maximum absolute atomic E-state index is 10.6. The molecule has 2 aliphatic rings. The Kier molecular flexibility index (Phi) is 2.44. The first-order chi connectivity index (χ1) is 6.66. The van der Waals surface area contributed by atoms with Crippen LogP contribution in [-0.2, 0) is 4.79 Å². The van der Waals surface area contributed by atoms with E-state index in [0.29, 0.717) is 11.5 Å². The third-order valence-corrected chi connectivity index (χ3v) is 3.48. The number of hydrogen-bond donors (Lipinski definition) is 1. The van der Waals surface area contributed by atoms with Crippen molar-refractivity contribution >= 4 is 5.97 Å². The largest absolute Gasteiger partial charge is 0.478 e. The predicted octanol–water partition coefficient (Wildman–Crippen LogP) is 2.62. The minimum Gasteiger partial charge on any atom is -0.478 e. The molecule has 0 aromatic heterocycles. The van der Waals surface area contributed by atoms with Gasteiger partial charge in [0, 0.05) is 5.57 Å². The number of allylic oxidation sites excluding steroid dienone is 3.